The van der Waals surface area contributed by atoms with Crippen molar-refractivity contribution in [1.82, 2.24) is 19.4 Å². The van der Waals surface area contributed by atoms with Crippen LogP contribution in [0.15, 0.2) is 59.7 Å². The molecule has 2 aromatic heterocycles. The van der Waals surface area contributed by atoms with Crippen molar-refractivity contribution in [1.29, 1.82) is 0 Å². The molecule has 0 saturated carbocycles. The highest BCUT2D eigenvalue weighted by molar-refractivity contribution is 5.90. The van der Waals surface area contributed by atoms with E-state index < -0.39 is 0 Å². The molecule has 1 amide bonds. The van der Waals surface area contributed by atoms with Gasteiger partial charge in [0.05, 0.1) is 12.3 Å². The van der Waals surface area contributed by atoms with E-state index in [2.05, 4.69) is 21.6 Å². The third kappa shape index (κ3) is 4.32. The molecule has 0 fully saturated rings. The van der Waals surface area contributed by atoms with Crippen LogP contribution in [0.2, 0.25) is 0 Å². The van der Waals surface area contributed by atoms with Gasteiger partial charge in [0.25, 0.3) is 5.56 Å². The van der Waals surface area contributed by atoms with Gasteiger partial charge in [-0.15, -0.1) is 0 Å². The molecule has 0 saturated heterocycles. The number of carbonyl (C=O) groups excluding carboxylic acids is 1. The van der Waals surface area contributed by atoms with Crippen molar-refractivity contribution in [3.8, 4) is 17.0 Å². The van der Waals surface area contributed by atoms with Crippen LogP contribution in [-0.2, 0) is 11.3 Å². The first kappa shape index (κ1) is 20.3. The molecule has 0 aliphatic carbocycles. The van der Waals surface area contributed by atoms with Crippen LogP contribution in [0.4, 0.5) is 5.69 Å². The van der Waals surface area contributed by atoms with Crippen LogP contribution in [0, 0.1) is 13.8 Å². The Hall–Kier alpha value is -3.94. The number of amides is 1. The van der Waals surface area contributed by atoms with E-state index in [1.54, 1.807) is 30.3 Å². The predicted molar refractivity (Wildman–Crippen MR) is 118 cm³/mol. The monoisotopic (exact) mass is 417 g/mol. The number of aromatic nitrogens is 4. The van der Waals surface area contributed by atoms with Crippen LogP contribution in [0.25, 0.3) is 16.8 Å². The van der Waals surface area contributed by atoms with E-state index in [4.69, 9.17) is 4.74 Å². The van der Waals surface area contributed by atoms with Gasteiger partial charge in [-0.05, 0) is 56.7 Å². The molecule has 0 bridgehead atoms. The molecule has 2 heterocycles. The fourth-order valence-electron chi connectivity index (χ4n) is 3.42. The summed E-state index contributed by atoms with van der Waals surface area (Å²) >= 11 is 0. The minimum Gasteiger partial charge on any atom is -0.494 e. The van der Waals surface area contributed by atoms with Crippen molar-refractivity contribution in [3.63, 3.8) is 0 Å². The number of nitrogens with one attached hydrogen (secondary N) is 1. The van der Waals surface area contributed by atoms with Crippen LogP contribution in [0.3, 0.4) is 0 Å². The molecule has 4 aromatic rings. The number of nitrogens with zero attached hydrogens (tertiary/aromatic N) is 4. The lowest BCUT2D eigenvalue weighted by Gasteiger charge is -2.08. The van der Waals surface area contributed by atoms with Gasteiger partial charge in [0.1, 0.15) is 24.1 Å². The Balaban J connectivity index is 1.55. The van der Waals surface area contributed by atoms with E-state index >= 15 is 0 Å². The summed E-state index contributed by atoms with van der Waals surface area (Å²) in [6.07, 6.45) is 1.44. The summed E-state index contributed by atoms with van der Waals surface area (Å²) in [6, 6.07) is 14.8. The van der Waals surface area contributed by atoms with Gasteiger partial charge in [-0.25, -0.2) is 9.20 Å². The highest BCUT2D eigenvalue weighted by atomic mass is 16.5. The number of rotatable bonds is 6. The molecule has 8 nitrogen and oxygen atoms in total. The first-order valence-electron chi connectivity index (χ1n) is 10.0. The maximum atomic E-state index is 12.9. The summed E-state index contributed by atoms with van der Waals surface area (Å²) in [5, 5.41) is 11.3. The Morgan fingerprint density at radius 3 is 2.58 bits per heavy atom. The summed E-state index contributed by atoms with van der Waals surface area (Å²) in [4.78, 5) is 25.3. The lowest BCUT2D eigenvalue weighted by molar-refractivity contribution is -0.117. The number of ether oxygens (including phenoxy) is 1. The molecule has 0 spiro atoms. The SMILES string of the molecule is CCOc1ccc(NC(=O)Cn2ncn3nc(-c4ccc(C)cc4C)cc3c2=O)cc1. The third-order valence-electron chi connectivity index (χ3n) is 4.89. The Labute approximate surface area is 179 Å². The molecule has 8 heteroatoms. The fraction of sp³-hybridized carbons (Fsp3) is 0.217. The van der Waals surface area contributed by atoms with E-state index in [-0.39, 0.29) is 18.0 Å². The Kier molecular flexibility index (Phi) is 5.53. The van der Waals surface area contributed by atoms with Gasteiger partial charge in [-0.3, -0.25) is 9.59 Å². The number of benzene rings is 2. The molecular formula is C23H23N5O3. The Bertz CT molecular complexity index is 1310. The minimum absolute atomic E-state index is 0.202. The van der Waals surface area contributed by atoms with Gasteiger partial charge in [0.2, 0.25) is 5.91 Å². The zero-order chi connectivity index (χ0) is 22.0. The molecule has 0 radical (unpaired) electrons. The molecule has 0 aliphatic heterocycles. The topological polar surface area (TPSA) is 90.5 Å². The highest BCUT2D eigenvalue weighted by Crippen LogP contribution is 2.23. The van der Waals surface area contributed by atoms with Gasteiger partial charge in [-0.1, -0.05) is 23.8 Å². The maximum Gasteiger partial charge on any atom is 0.293 e. The van der Waals surface area contributed by atoms with E-state index in [1.807, 2.05) is 32.9 Å². The fourth-order valence-corrected chi connectivity index (χ4v) is 3.42. The Morgan fingerprint density at radius 1 is 1.10 bits per heavy atom. The van der Waals surface area contributed by atoms with Crippen molar-refractivity contribution in [2.75, 3.05) is 11.9 Å². The summed E-state index contributed by atoms with van der Waals surface area (Å²) in [7, 11) is 0. The number of anilines is 1. The first-order chi connectivity index (χ1) is 14.9. The zero-order valence-electron chi connectivity index (χ0n) is 17.6. The summed E-state index contributed by atoms with van der Waals surface area (Å²) < 4.78 is 7.96. The molecule has 0 unspecified atom stereocenters. The lowest BCUT2D eigenvalue weighted by Crippen LogP contribution is -2.30. The standard InChI is InChI=1S/C23H23N5O3/c1-4-31-18-8-6-17(7-9-18)25-22(29)13-27-23(30)21-12-20(26-28(21)14-24-27)19-10-5-15(2)11-16(19)3/h5-12,14H,4,13H2,1-3H3,(H,25,29). The quantitative estimate of drug-likeness (QED) is 0.520. The molecule has 0 aliphatic rings. The largest absolute Gasteiger partial charge is 0.494 e. The molecular weight excluding hydrogens is 394 g/mol. The van der Waals surface area contributed by atoms with E-state index in [9.17, 15) is 9.59 Å². The van der Waals surface area contributed by atoms with E-state index in [0.717, 1.165) is 27.1 Å². The highest BCUT2D eigenvalue weighted by Gasteiger charge is 2.13. The van der Waals surface area contributed by atoms with Crippen LogP contribution in [0.5, 0.6) is 5.75 Å². The molecule has 0 atom stereocenters. The first-order valence-corrected chi connectivity index (χ1v) is 10.0. The summed E-state index contributed by atoms with van der Waals surface area (Å²) in [5.41, 5.74) is 4.47. The third-order valence-corrected chi connectivity index (χ3v) is 4.89. The van der Waals surface area contributed by atoms with Crippen LogP contribution < -0.4 is 15.6 Å². The second-order valence-electron chi connectivity index (χ2n) is 7.28. The van der Waals surface area contributed by atoms with Crippen molar-refractivity contribution in [2.24, 2.45) is 0 Å². The van der Waals surface area contributed by atoms with Gasteiger partial charge in [0.15, 0.2) is 0 Å². The molecule has 2 aromatic carbocycles. The van der Waals surface area contributed by atoms with Crippen LogP contribution in [0.1, 0.15) is 18.1 Å². The van der Waals surface area contributed by atoms with Crippen molar-refractivity contribution in [3.05, 3.63) is 76.3 Å². The number of carbonyl (C=O) groups is 1. The number of hydrogen-bond acceptors (Lipinski definition) is 5. The van der Waals surface area contributed by atoms with E-state index in [1.165, 1.54) is 10.8 Å². The maximum absolute atomic E-state index is 12.9. The molecule has 1 N–H and O–H groups in total. The number of hydrogen-bond donors (Lipinski definition) is 1. The minimum atomic E-state index is -0.382. The van der Waals surface area contributed by atoms with Crippen molar-refractivity contribution in [2.45, 2.75) is 27.3 Å². The molecule has 158 valence electrons. The van der Waals surface area contributed by atoms with Gasteiger partial charge < -0.3 is 10.1 Å². The number of aryl methyl sites for hydroxylation is 2. The number of fused-ring (bicyclic) bond motifs is 1. The zero-order valence-corrected chi connectivity index (χ0v) is 17.6. The van der Waals surface area contributed by atoms with E-state index in [0.29, 0.717) is 23.5 Å². The second-order valence-corrected chi connectivity index (χ2v) is 7.28. The second kappa shape index (κ2) is 8.43. The van der Waals surface area contributed by atoms with Crippen molar-refractivity contribution >= 4 is 17.1 Å². The van der Waals surface area contributed by atoms with Crippen molar-refractivity contribution < 1.29 is 9.53 Å². The average molecular weight is 417 g/mol. The molecule has 4 rings (SSSR count). The normalized spacial score (nSPS) is 10.9. The van der Waals surface area contributed by atoms with Gasteiger partial charge in [0, 0.05) is 11.3 Å². The molecule has 31 heavy (non-hydrogen) atoms. The van der Waals surface area contributed by atoms with Gasteiger partial charge >= 0.3 is 0 Å². The lowest BCUT2D eigenvalue weighted by atomic mass is 10.0. The Morgan fingerprint density at radius 2 is 1.87 bits per heavy atom. The van der Waals surface area contributed by atoms with Gasteiger partial charge in [-0.2, -0.15) is 10.2 Å². The predicted octanol–water partition coefficient (Wildman–Crippen LogP) is 3.21. The summed E-state index contributed by atoms with van der Waals surface area (Å²) in [6.45, 7) is 6.31. The van der Waals surface area contributed by atoms with Crippen LogP contribution in [-0.4, -0.2) is 31.9 Å². The van der Waals surface area contributed by atoms with Crippen LogP contribution >= 0.6 is 0 Å². The average Bonchev–Trinajstić information content (AvgIpc) is 3.16. The smallest absolute Gasteiger partial charge is 0.293 e. The summed E-state index contributed by atoms with van der Waals surface area (Å²) in [5.74, 6) is 0.376.